The van der Waals surface area contributed by atoms with E-state index in [1.807, 2.05) is 6.92 Å². The molecule has 2 aliphatic carbocycles. The van der Waals surface area contributed by atoms with Crippen molar-refractivity contribution in [1.29, 1.82) is 0 Å². The van der Waals surface area contributed by atoms with Gasteiger partial charge in [0.05, 0.1) is 11.0 Å². The molecule has 0 aromatic carbocycles. The van der Waals surface area contributed by atoms with E-state index in [1.165, 1.54) is 6.42 Å². The Morgan fingerprint density at radius 1 is 1.17 bits per heavy atom. The van der Waals surface area contributed by atoms with Crippen LogP contribution in [-0.4, -0.2) is 22.2 Å². The van der Waals surface area contributed by atoms with Crippen molar-refractivity contribution in [3.63, 3.8) is 0 Å². The SMILES string of the molecule is CC1(O)C2(C=CCCC2)NC(=O)C12CCCCC2. The van der Waals surface area contributed by atoms with Gasteiger partial charge >= 0.3 is 0 Å². The molecule has 3 aliphatic rings. The topological polar surface area (TPSA) is 49.3 Å². The van der Waals surface area contributed by atoms with Gasteiger partial charge in [-0.3, -0.25) is 4.79 Å². The standard InChI is InChI=1S/C15H23NO2/c1-13(18)14(8-4-2-5-9-14)12(17)16-15(13)10-6-3-7-11-15/h6,10,18H,2-5,7-9,11H2,1H3,(H,16,17). The molecule has 1 aliphatic heterocycles. The van der Waals surface area contributed by atoms with Crippen LogP contribution in [0.1, 0.15) is 58.3 Å². The zero-order valence-electron chi connectivity index (χ0n) is 11.2. The van der Waals surface area contributed by atoms with Gasteiger partial charge in [-0.1, -0.05) is 31.4 Å². The number of nitrogens with one attached hydrogen (secondary N) is 1. The van der Waals surface area contributed by atoms with Crippen LogP contribution in [0.5, 0.6) is 0 Å². The van der Waals surface area contributed by atoms with Crippen LogP contribution >= 0.6 is 0 Å². The molecule has 0 aromatic heterocycles. The summed E-state index contributed by atoms with van der Waals surface area (Å²) in [6.07, 6.45) is 12.1. The van der Waals surface area contributed by atoms with Gasteiger partial charge < -0.3 is 10.4 Å². The summed E-state index contributed by atoms with van der Waals surface area (Å²) >= 11 is 0. The number of carbonyl (C=O) groups excluding carboxylic acids is 1. The van der Waals surface area contributed by atoms with Crippen molar-refractivity contribution in [3.8, 4) is 0 Å². The van der Waals surface area contributed by atoms with E-state index in [9.17, 15) is 9.90 Å². The third kappa shape index (κ3) is 1.31. The summed E-state index contributed by atoms with van der Waals surface area (Å²) in [4.78, 5) is 12.5. The Bertz CT molecular complexity index is 393. The lowest BCUT2D eigenvalue weighted by Crippen LogP contribution is -2.59. The zero-order chi connectivity index (χ0) is 12.9. The number of carbonyl (C=O) groups is 1. The highest BCUT2D eigenvalue weighted by Gasteiger charge is 2.68. The first-order valence-corrected chi connectivity index (χ1v) is 7.27. The van der Waals surface area contributed by atoms with Gasteiger partial charge in [0.1, 0.15) is 5.60 Å². The minimum absolute atomic E-state index is 0.0822. The average Bonchev–Trinajstić information content (AvgIpc) is 2.52. The molecule has 18 heavy (non-hydrogen) atoms. The molecule has 100 valence electrons. The molecule has 0 aromatic rings. The molecular formula is C15H23NO2. The van der Waals surface area contributed by atoms with Crippen molar-refractivity contribution in [2.24, 2.45) is 5.41 Å². The van der Waals surface area contributed by atoms with Gasteiger partial charge in [-0.25, -0.2) is 0 Å². The quantitative estimate of drug-likeness (QED) is 0.647. The van der Waals surface area contributed by atoms with Gasteiger partial charge in [0.25, 0.3) is 0 Å². The maximum atomic E-state index is 12.5. The Hall–Kier alpha value is -0.830. The molecule has 0 radical (unpaired) electrons. The van der Waals surface area contributed by atoms with Crippen molar-refractivity contribution in [3.05, 3.63) is 12.2 Å². The first-order valence-electron chi connectivity index (χ1n) is 7.27. The Labute approximate surface area is 109 Å². The Morgan fingerprint density at radius 3 is 2.50 bits per heavy atom. The second-order valence-electron chi connectivity index (χ2n) is 6.44. The lowest BCUT2D eigenvalue weighted by atomic mass is 9.59. The number of aliphatic hydroxyl groups is 1. The predicted octanol–water partition coefficient (Wildman–Crippen LogP) is 2.30. The van der Waals surface area contributed by atoms with Gasteiger partial charge in [-0.2, -0.15) is 0 Å². The summed E-state index contributed by atoms with van der Waals surface area (Å²) in [7, 11) is 0. The van der Waals surface area contributed by atoms with Crippen LogP contribution in [0.15, 0.2) is 12.2 Å². The summed E-state index contributed by atoms with van der Waals surface area (Å²) in [6, 6.07) is 0. The number of hydrogen-bond acceptors (Lipinski definition) is 2. The van der Waals surface area contributed by atoms with E-state index in [1.54, 1.807) is 0 Å². The first-order chi connectivity index (χ1) is 8.54. The summed E-state index contributed by atoms with van der Waals surface area (Å²) in [6.45, 7) is 1.88. The minimum Gasteiger partial charge on any atom is -0.386 e. The normalized spacial score (nSPS) is 42.4. The van der Waals surface area contributed by atoms with Crippen LogP contribution in [0.4, 0.5) is 0 Å². The predicted molar refractivity (Wildman–Crippen MR) is 70.0 cm³/mol. The Balaban J connectivity index is 2.04. The number of hydrogen-bond donors (Lipinski definition) is 2. The molecule has 1 saturated carbocycles. The number of rotatable bonds is 0. The van der Waals surface area contributed by atoms with Crippen molar-refractivity contribution in [2.75, 3.05) is 0 Å². The molecular weight excluding hydrogens is 226 g/mol. The van der Waals surface area contributed by atoms with Crippen molar-refractivity contribution in [1.82, 2.24) is 5.32 Å². The number of allylic oxidation sites excluding steroid dienone is 1. The second-order valence-corrected chi connectivity index (χ2v) is 6.44. The maximum Gasteiger partial charge on any atom is 0.230 e. The molecule has 1 saturated heterocycles. The van der Waals surface area contributed by atoms with Crippen molar-refractivity contribution < 1.29 is 9.90 Å². The molecule has 3 heteroatoms. The lowest BCUT2D eigenvalue weighted by Gasteiger charge is -2.47. The smallest absolute Gasteiger partial charge is 0.230 e. The highest BCUT2D eigenvalue weighted by Crippen LogP contribution is 2.56. The lowest BCUT2D eigenvalue weighted by molar-refractivity contribution is -0.142. The van der Waals surface area contributed by atoms with Crippen LogP contribution in [0, 0.1) is 5.41 Å². The van der Waals surface area contributed by atoms with Crippen LogP contribution in [-0.2, 0) is 4.79 Å². The molecule has 1 heterocycles. The second kappa shape index (κ2) is 3.83. The fourth-order valence-electron chi connectivity index (χ4n) is 4.34. The van der Waals surface area contributed by atoms with E-state index in [2.05, 4.69) is 17.5 Å². The van der Waals surface area contributed by atoms with Gasteiger partial charge in [0.15, 0.2) is 0 Å². The van der Waals surface area contributed by atoms with Crippen molar-refractivity contribution >= 4 is 5.91 Å². The molecule has 2 N–H and O–H groups in total. The fraction of sp³-hybridized carbons (Fsp3) is 0.800. The Kier molecular flexibility index (Phi) is 2.60. The first kappa shape index (κ1) is 12.2. The molecule has 2 unspecified atom stereocenters. The highest BCUT2D eigenvalue weighted by molar-refractivity contribution is 5.89. The Morgan fingerprint density at radius 2 is 1.89 bits per heavy atom. The van der Waals surface area contributed by atoms with E-state index in [4.69, 9.17) is 0 Å². The summed E-state index contributed by atoms with van der Waals surface area (Å²) in [5.74, 6) is 0.0822. The molecule has 2 fully saturated rings. The van der Waals surface area contributed by atoms with E-state index in [0.717, 1.165) is 44.9 Å². The minimum atomic E-state index is -0.950. The molecule has 3 rings (SSSR count). The summed E-state index contributed by atoms with van der Waals surface area (Å²) < 4.78 is 0. The average molecular weight is 249 g/mol. The van der Waals surface area contributed by atoms with E-state index in [0.29, 0.717) is 0 Å². The third-order valence-corrected chi connectivity index (χ3v) is 5.62. The molecule has 2 spiro atoms. The van der Waals surface area contributed by atoms with Gasteiger partial charge in [0, 0.05) is 0 Å². The van der Waals surface area contributed by atoms with Crippen LogP contribution < -0.4 is 5.32 Å². The van der Waals surface area contributed by atoms with Crippen molar-refractivity contribution in [2.45, 2.75) is 69.4 Å². The van der Waals surface area contributed by atoms with Gasteiger partial charge in [0.2, 0.25) is 5.91 Å². The largest absolute Gasteiger partial charge is 0.386 e. The van der Waals surface area contributed by atoms with E-state index in [-0.39, 0.29) is 5.91 Å². The van der Waals surface area contributed by atoms with Crippen LogP contribution in [0.2, 0.25) is 0 Å². The molecule has 2 atom stereocenters. The van der Waals surface area contributed by atoms with E-state index < -0.39 is 16.6 Å². The monoisotopic (exact) mass is 249 g/mol. The van der Waals surface area contributed by atoms with E-state index >= 15 is 0 Å². The fourth-order valence-corrected chi connectivity index (χ4v) is 4.34. The molecule has 1 amide bonds. The maximum absolute atomic E-state index is 12.5. The molecule has 3 nitrogen and oxygen atoms in total. The highest BCUT2D eigenvalue weighted by atomic mass is 16.3. The third-order valence-electron chi connectivity index (χ3n) is 5.62. The zero-order valence-corrected chi connectivity index (χ0v) is 11.2. The molecule has 0 bridgehead atoms. The summed E-state index contributed by atoms with van der Waals surface area (Å²) in [5.41, 5.74) is -2.01. The summed E-state index contributed by atoms with van der Waals surface area (Å²) in [5, 5.41) is 14.3. The van der Waals surface area contributed by atoms with Crippen LogP contribution in [0.25, 0.3) is 0 Å². The van der Waals surface area contributed by atoms with Gasteiger partial charge in [-0.05, 0) is 39.0 Å². The number of amides is 1. The van der Waals surface area contributed by atoms with Crippen LogP contribution in [0.3, 0.4) is 0 Å². The van der Waals surface area contributed by atoms with Gasteiger partial charge in [-0.15, -0.1) is 0 Å².